The molecule has 0 spiro atoms. The summed E-state index contributed by atoms with van der Waals surface area (Å²) >= 11 is 1.62. The summed E-state index contributed by atoms with van der Waals surface area (Å²) in [5.41, 5.74) is 7.01. The lowest BCUT2D eigenvalue weighted by Crippen LogP contribution is -2.20. The molecule has 1 aromatic carbocycles. The number of rotatable bonds is 7. The van der Waals surface area contributed by atoms with E-state index in [1.54, 1.807) is 42.2 Å². The lowest BCUT2D eigenvalue weighted by molar-refractivity contribution is -0.119. The van der Waals surface area contributed by atoms with Crippen LogP contribution in [-0.2, 0) is 4.79 Å². The molecule has 0 atom stereocenters. The molecule has 2 aromatic rings. The zero-order valence-corrected chi connectivity index (χ0v) is 14.4. The maximum atomic E-state index is 12.3. The van der Waals surface area contributed by atoms with Gasteiger partial charge >= 0.3 is 0 Å². The number of nitrogens with one attached hydrogen (secondary N) is 1. The van der Waals surface area contributed by atoms with Crippen LogP contribution in [0.25, 0.3) is 0 Å². The first-order chi connectivity index (χ1) is 11.5. The molecule has 7 heteroatoms. The molecule has 6 nitrogen and oxygen atoms in total. The standard InChI is InChI=1S/C17H19N3O3S/c1-3-24-16-7-4-12(9-19-16)17(22)20-14-6-5-13(8-11(14)2)23-10-15(18)21/h4-9H,3,10H2,1-2H3,(H2,18,21)(H,20,22). The molecule has 1 aromatic heterocycles. The third-order valence-corrected chi connectivity index (χ3v) is 3.94. The highest BCUT2D eigenvalue weighted by atomic mass is 32.2. The number of ether oxygens (including phenoxy) is 1. The molecule has 1 heterocycles. The molecule has 0 saturated heterocycles. The average molecular weight is 345 g/mol. The zero-order chi connectivity index (χ0) is 17.5. The molecule has 126 valence electrons. The number of nitrogens with zero attached hydrogens (tertiary/aromatic N) is 1. The van der Waals surface area contributed by atoms with Gasteiger partial charge in [0.1, 0.15) is 5.75 Å². The summed E-state index contributed by atoms with van der Waals surface area (Å²) in [4.78, 5) is 27.3. The van der Waals surface area contributed by atoms with Crippen LogP contribution in [0, 0.1) is 6.92 Å². The first kappa shape index (κ1) is 17.8. The summed E-state index contributed by atoms with van der Waals surface area (Å²) in [6.45, 7) is 3.71. The van der Waals surface area contributed by atoms with Gasteiger partial charge in [-0.3, -0.25) is 9.59 Å². The minimum absolute atomic E-state index is 0.182. The van der Waals surface area contributed by atoms with Crippen LogP contribution in [0.2, 0.25) is 0 Å². The predicted octanol–water partition coefficient (Wildman–Crippen LogP) is 2.62. The average Bonchev–Trinajstić information content (AvgIpc) is 2.56. The van der Waals surface area contributed by atoms with Crippen molar-refractivity contribution >= 4 is 29.3 Å². The van der Waals surface area contributed by atoms with Crippen molar-refractivity contribution in [3.63, 3.8) is 0 Å². The predicted molar refractivity (Wildman–Crippen MR) is 94.5 cm³/mol. The van der Waals surface area contributed by atoms with Gasteiger partial charge in [-0.05, 0) is 48.6 Å². The minimum atomic E-state index is -0.540. The van der Waals surface area contributed by atoms with Gasteiger partial charge in [-0.2, -0.15) is 0 Å². The van der Waals surface area contributed by atoms with Gasteiger partial charge in [0, 0.05) is 11.9 Å². The maximum absolute atomic E-state index is 12.3. The number of nitrogens with two attached hydrogens (primary N) is 1. The van der Waals surface area contributed by atoms with E-state index in [9.17, 15) is 9.59 Å². The quantitative estimate of drug-likeness (QED) is 0.752. The van der Waals surface area contributed by atoms with Crippen molar-refractivity contribution in [2.45, 2.75) is 18.9 Å². The van der Waals surface area contributed by atoms with E-state index in [4.69, 9.17) is 10.5 Å². The van der Waals surface area contributed by atoms with Crippen molar-refractivity contribution in [3.8, 4) is 5.75 Å². The molecule has 0 aliphatic rings. The van der Waals surface area contributed by atoms with Gasteiger partial charge in [-0.1, -0.05) is 6.92 Å². The molecule has 0 aliphatic carbocycles. The molecule has 0 radical (unpaired) electrons. The summed E-state index contributed by atoms with van der Waals surface area (Å²) in [5, 5.41) is 3.73. The molecule has 0 unspecified atom stereocenters. The molecule has 0 saturated carbocycles. The van der Waals surface area contributed by atoms with E-state index < -0.39 is 5.91 Å². The number of aromatic nitrogens is 1. The molecule has 0 fully saturated rings. The molecule has 3 N–H and O–H groups in total. The van der Waals surface area contributed by atoms with Crippen molar-refractivity contribution in [3.05, 3.63) is 47.7 Å². The Kier molecular flexibility index (Phi) is 6.20. The van der Waals surface area contributed by atoms with Gasteiger partial charge in [0.05, 0.1) is 10.6 Å². The SMILES string of the molecule is CCSc1ccc(C(=O)Nc2ccc(OCC(N)=O)cc2C)cn1. The molecular formula is C17H19N3O3S. The fraction of sp³-hybridized carbons (Fsp3) is 0.235. The number of carbonyl (C=O) groups excluding carboxylic acids is 2. The summed E-state index contributed by atoms with van der Waals surface area (Å²) in [5.74, 6) is 0.681. The number of amides is 2. The third kappa shape index (κ3) is 4.99. The zero-order valence-electron chi connectivity index (χ0n) is 13.5. The van der Waals surface area contributed by atoms with E-state index in [-0.39, 0.29) is 12.5 Å². The number of aryl methyl sites for hydroxylation is 1. The second-order valence-corrected chi connectivity index (χ2v) is 6.29. The minimum Gasteiger partial charge on any atom is -0.484 e. The van der Waals surface area contributed by atoms with Gasteiger partial charge in [-0.15, -0.1) is 11.8 Å². The summed E-state index contributed by atoms with van der Waals surface area (Å²) in [6.07, 6.45) is 1.56. The maximum Gasteiger partial charge on any atom is 0.257 e. The molecule has 0 bridgehead atoms. The van der Waals surface area contributed by atoms with E-state index in [0.717, 1.165) is 16.3 Å². The van der Waals surface area contributed by atoms with Crippen molar-refractivity contribution < 1.29 is 14.3 Å². The number of anilines is 1. The Balaban J connectivity index is 2.04. The number of hydrogen-bond donors (Lipinski definition) is 2. The van der Waals surface area contributed by atoms with Gasteiger partial charge in [-0.25, -0.2) is 4.98 Å². The first-order valence-corrected chi connectivity index (χ1v) is 8.40. The number of pyridine rings is 1. The monoisotopic (exact) mass is 345 g/mol. The van der Waals surface area contributed by atoms with E-state index in [1.165, 1.54) is 0 Å². The Hall–Kier alpha value is -2.54. The van der Waals surface area contributed by atoms with Gasteiger partial charge in [0.15, 0.2) is 6.61 Å². The molecule has 0 aliphatic heterocycles. The Morgan fingerprint density at radius 1 is 1.29 bits per heavy atom. The summed E-state index contributed by atoms with van der Waals surface area (Å²) < 4.78 is 5.23. The van der Waals surface area contributed by atoms with Gasteiger partial charge in [0.25, 0.3) is 11.8 Å². The normalized spacial score (nSPS) is 10.2. The second kappa shape index (κ2) is 8.35. The van der Waals surface area contributed by atoms with Gasteiger partial charge < -0.3 is 15.8 Å². The van der Waals surface area contributed by atoms with Crippen LogP contribution < -0.4 is 15.8 Å². The fourth-order valence-electron chi connectivity index (χ4n) is 1.96. The van der Waals surface area contributed by atoms with E-state index >= 15 is 0 Å². The first-order valence-electron chi connectivity index (χ1n) is 7.41. The smallest absolute Gasteiger partial charge is 0.257 e. The Bertz CT molecular complexity index is 732. The number of carbonyl (C=O) groups is 2. The lowest BCUT2D eigenvalue weighted by Gasteiger charge is -2.11. The lowest BCUT2D eigenvalue weighted by atomic mass is 10.1. The van der Waals surface area contributed by atoms with E-state index in [1.807, 2.05) is 19.9 Å². The van der Waals surface area contributed by atoms with Crippen LogP contribution in [0.5, 0.6) is 5.75 Å². The summed E-state index contributed by atoms with van der Waals surface area (Å²) in [7, 11) is 0. The number of primary amides is 1. The summed E-state index contributed by atoms with van der Waals surface area (Å²) in [6, 6.07) is 8.71. The van der Waals surface area contributed by atoms with Crippen LogP contribution in [0.4, 0.5) is 5.69 Å². The van der Waals surface area contributed by atoms with Crippen molar-refractivity contribution in [1.82, 2.24) is 4.98 Å². The Labute approximate surface area is 144 Å². The van der Waals surface area contributed by atoms with Crippen molar-refractivity contribution in [2.24, 2.45) is 5.73 Å². The van der Waals surface area contributed by atoms with Crippen LogP contribution in [0.1, 0.15) is 22.8 Å². The molecule has 24 heavy (non-hydrogen) atoms. The van der Waals surface area contributed by atoms with Crippen LogP contribution >= 0.6 is 11.8 Å². The number of benzene rings is 1. The highest BCUT2D eigenvalue weighted by molar-refractivity contribution is 7.99. The molecular weight excluding hydrogens is 326 g/mol. The third-order valence-electron chi connectivity index (χ3n) is 3.12. The van der Waals surface area contributed by atoms with E-state index in [0.29, 0.717) is 17.0 Å². The molecule has 2 rings (SSSR count). The highest BCUT2D eigenvalue weighted by Gasteiger charge is 2.09. The van der Waals surface area contributed by atoms with Crippen molar-refractivity contribution in [1.29, 1.82) is 0 Å². The topological polar surface area (TPSA) is 94.3 Å². The Morgan fingerprint density at radius 3 is 2.67 bits per heavy atom. The number of hydrogen-bond acceptors (Lipinski definition) is 5. The van der Waals surface area contributed by atoms with Crippen molar-refractivity contribution in [2.75, 3.05) is 17.7 Å². The highest BCUT2D eigenvalue weighted by Crippen LogP contribution is 2.22. The van der Waals surface area contributed by atoms with Crippen LogP contribution in [0.15, 0.2) is 41.6 Å². The molecule has 2 amide bonds. The van der Waals surface area contributed by atoms with Crippen LogP contribution in [-0.4, -0.2) is 29.2 Å². The number of thioether (sulfide) groups is 1. The fourth-order valence-corrected chi connectivity index (χ4v) is 2.55. The largest absolute Gasteiger partial charge is 0.484 e. The van der Waals surface area contributed by atoms with Crippen LogP contribution in [0.3, 0.4) is 0 Å². The van der Waals surface area contributed by atoms with E-state index in [2.05, 4.69) is 10.3 Å². The van der Waals surface area contributed by atoms with Gasteiger partial charge in [0.2, 0.25) is 0 Å². The Morgan fingerprint density at radius 2 is 2.08 bits per heavy atom. The second-order valence-electron chi connectivity index (χ2n) is 5.00.